The monoisotopic (exact) mass is 433 g/mol. The number of Topliss-reactive ketones (excluding diaryl/α,β-unsaturated/α-hetero) is 1. The van der Waals surface area contributed by atoms with E-state index in [0.29, 0.717) is 12.0 Å². The number of hydrogen-bond donors (Lipinski definition) is 2. The lowest BCUT2D eigenvalue weighted by atomic mass is 9.99. The molecule has 8 nitrogen and oxygen atoms in total. The molecule has 2 atom stereocenters. The van der Waals surface area contributed by atoms with Crippen molar-refractivity contribution in [1.29, 1.82) is 0 Å². The van der Waals surface area contributed by atoms with Crippen LogP contribution in [-0.4, -0.2) is 41.1 Å². The van der Waals surface area contributed by atoms with Gasteiger partial charge in [-0.15, -0.1) is 0 Å². The molecule has 1 saturated heterocycles. The van der Waals surface area contributed by atoms with E-state index in [4.69, 9.17) is 4.42 Å². The number of benzene rings is 2. The summed E-state index contributed by atoms with van der Waals surface area (Å²) < 4.78 is 5.78. The Kier molecular flexibility index (Phi) is 5.52. The van der Waals surface area contributed by atoms with Crippen LogP contribution in [0.2, 0.25) is 0 Å². The van der Waals surface area contributed by atoms with Gasteiger partial charge < -0.3 is 15.1 Å². The summed E-state index contributed by atoms with van der Waals surface area (Å²) in [7, 11) is 0. The van der Waals surface area contributed by atoms with Gasteiger partial charge in [0.2, 0.25) is 5.91 Å². The van der Waals surface area contributed by atoms with E-state index in [9.17, 15) is 19.2 Å². The van der Waals surface area contributed by atoms with E-state index in [2.05, 4.69) is 10.6 Å². The Labute approximate surface area is 184 Å². The average Bonchev–Trinajstić information content (AvgIpc) is 3.30. The molecule has 0 spiro atoms. The van der Waals surface area contributed by atoms with Crippen molar-refractivity contribution < 1.29 is 23.6 Å². The van der Waals surface area contributed by atoms with E-state index in [1.54, 1.807) is 12.1 Å². The van der Waals surface area contributed by atoms with Gasteiger partial charge in [-0.1, -0.05) is 48.5 Å². The standard InChI is InChI=1S/C24H23N3O5/c1-15(28)18(12-16-8-4-3-5-9-16)25-21(29)14-27-22(30)24(2,26-23(27)31)20-13-17-10-6-7-11-19(17)32-20/h3-11,13,18H,12,14H2,1-2H3,(H,25,29)(H,26,31). The minimum Gasteiger partial charge on any atom is -0.458 e. The minimum atomic E-state index is -1.43. The maximum Gasteiger partial charge on any atom is 0.325 e. The molecule has 1 aliphatic heterocycles. The quantitative estimate of drug-likeness (QED) is 0.557. The number of nitrogens with zero attached hydrogens (tertiary/aromatic N) is 1. The largest absolute Gasteiger partial charge is 0.458 e. The minimum absolute atomic E-state index is 0.216. The molecule has 2 aromatic carbocycles. The number of furan rings is 1. The van der Waals surface area contributed by atoms with Gasteiger partial charge in [-0.2, -0.15) is 0 Å². The van der Waals surface area contributed by atoms with Crippen LogP contribution in [0, 0.1) is 0 Å². The molecule has 4 rings (SSSR count). The summed E-state index contributed by atoms with van der Waals surface area (Å²) in [6.07, 6.45) is 0.318. The molecule has 4 amide bonds. The van der Waals surface area contributed by atoms with Crippen LogP contribution in [0.1, 0.15) is 25.2 Å². The third-order valence-corrected chi connectivity index (χ3v) is 5.60. The van der Waals surface area contributed by atoms with Crippen molar-refractivity contribution in [2.24, 2.45) is 0 Å². The van der Waals surface area contributed by atoms with Crippen LogP contribution in [0.25, 0.3) is 11.0 Å². The van der Waals surface area contributed by atoms with Crippen molar-refractivity contribution >= 4 is 34.6 Å². The number of fused-ring (bicyclic) bond motifs is 1. The second kappa shape index (κ2) is 8.30. The lowest BCUT2D eigenvalue weighted by Crippen LogP contribution is -2.48. The van der Waals surface area contributed by atoms with Crippen LogP contribution < -0.4 is 10.6 Å². The highest BCUT2D eigenvalue weighted by molar-refractivity contribution is 6.09. The summed E-state index contributed by atoms with van der Waals surface area (Å²) in [6, 6.07) is 16.8. The molecule has 2 unspecified atom stereocenters. The zero-order chi connectivity index (χ0) is 22.9. The number of urea groups is 1. The third kappa shape index (κ3) is 3.99. The van der Waals surface area contributed by atoms with Crippen LogP contribution in [0.5, 0.6) is 0 Å². The molecule has 1 fully saturated rings. The molecule has 2 N–H and O–H groups in total. The molecule has 164 valence electrons. The molecule has 0 aliphatic carbocycles. The predicted octanol–water partition coefficient (Wildman–Crippen LogP) is 2.52. The number of para-hydroxylation sites is 1. The smallest absolute Gasteiger partial charge is 0.325 e. The normalized spacial score (nSPS) is 19.1. The van der Waals surface area contributed by atoms with Gasteiger partial charge in [0, 0.05) is 5.39 Å². The average molecular weight is 433 g/mol. The number of carbonyl (C=O) groups excluding carboxylic acids is 4. The van der Waals surface area contributed by atoms with E-state index >= 15 is 0 Å². The third-order valence-electron chi connectivity index (χ3n) is 5.60. The highest BCUT2D eigenvalue weighted by Crippen LogP contribution is 2.32. The van der Waals surface area contributed by atoms with Crippen molar-refractivity contribution in [3.63, 3.8) is 0 Å². The predicted molar refractivity (Wildman–Crippen MR) is 117 cm³/mol. The Hall–Kier alpha value is -3.94. The number of hydrogen-bond acceptors (Lipinski definition) is 5. The topological polar surface area (TPSA) is 109 Å². The van der Waals surface area contributed by atoms with Crippen LogP contribution in [0.3, 0.4) is 0 Å². The van der Waals surface area contributed by atoms with Gasteiger partial charge in [-0.3, -0.25) is 19.3 Å². The van der Waals surface area contributed by atoms with Crippen LogP contribution in [0.15, 0.2) is 65.1 Å². The fraction of sp³-hybridized carbons (Fsp3) is 0.250. The first kappa shape index (κ1) is 21.3. The van der Waals surface area contributed by atoms with Gasteiger partial charge in [0.15, 0.2) is 11.3 Å². The van der Waals surface area contributed by atoms with Gasteiger partial charge in [-0.25, -0.2) is 4.79 Å². The Morgan fingerprint density at radius 2 is 1.78 bits per heavy atom. The van der Waals surface area contributed by atoms with Gasteiger partial charge >= 0.3 is 6.03 Å². The number of carbonyl (C=O) groups is 4. The van der Waals surface area contributed by atoms with E-state index in [-0.39, 0.29) is 11.5 Å². The number of amides is 4. The summed E-state index contributed by atoms with van der Waals surface area (Å²) in [5.41, 5.74) is 0.0491. The molecule has 1 aliphatic rings. The first-order chi connectivity index (χ1) is 15.3. The Morgan fingerprint density at radius 3 is 2.47 bits per heavy atom. The highest BCUT2D eigenvalue weighted by atomic mass is 16.3. The molecule has 32 heavy (non-hydrogen) atoms. The second-order valence-corrected chi connectivity index (χ2v) is 8.02. The van der Waals surface area contributed by atoms with Crippen molar-refractivity contribution in [3.05, 3.63) is 72.0 Å². The Morgan fingerprint density at radius 1 is 1.09 bits per heavy atom. The molecule has 0 saturated carbocycles. The summed E-state index contributed by atoms with van der Waals surface area (Å²) in [6.45, 7) is 2.43. The molecular formula is C24H23N3O5. The summed E-state index contributed by atoms with van der Waals surface area (Å²) >= 11 is 0. The first-order valence-electron chi connectivity index (χ1n) is 10.2. The van der Waals surface area contributed by atoms with Crippen LogP contribution >= 0.6 is 0 Å². The van der Waals surface area contributed by atoms with E-state index in [1.165, 1.54) is 13.8 Å². The van der Waals surface area contributed by atoms with Crippen molar-refractivity contribution in [2.45, 2.75) is 31.8 Å². The summed E-state index contributed by atoms with van der Waals surface area (Å²) in [4.78, 5) is 51.1. The van der Waals surface area contributed by atoms with Gasteiger partial charge in [-0.05, 0) is 38.0 Å². The fourth-order valence-electron chi connectivity index (χ4n) is 3.77. The molecule has 0 bridgehead atoms. The molecule has 3 aromatic rings. The van der Waals surface area contributed by atoms with Crippen molar-refractivity contribution in [1.82, 2.24) is 15.5 Å². The van der Waals surface area contributed by atoms with E-state index < -0.39 is 36.0 Å². The van der Waals surface area contributed by atoms with Crippen molar-refractivity contribution in [3.8, 4) is 0 Å². The summed E-state index contributed by atoms with van der Waals surface area (Å²) in [5, 5.41) is 6.06. The van der Waals surface area contributed by atoms with Gasteiger partial charge in [0.05, 0.1) is 6.04 Å². The van der Waals surface area contributed by atoms with Crippen LogP contribution in [-0.2, 0) is 26.3 Å². The number of nitrogens with one attached hydrogen (secondary N) is 2. The highest BCUT2D eigenvalue weighted by Gasteiger charge is 2.51. The maximum atomic E-state index is 13.1. The van der Waals surface area contributed by atoms with E-state index in [0.717, 1.165) is 15.8 Å². The van der Waals surface area contributed by atoms with Crippen molar-refractivity contribution in [2.75, 3.05) is 6.54 Å². The fourth-order valence-corrected chi connectivity index (χ4v) is 3.77. The number of imide groups is 1. The molecule has 2 heterocycles. The van der Waals surface area contributed by atoms with E-state index in [1.807, 2.05) is 48.5 Å². The maximum absolute atomic E-state index is 13.1. The molecule has 1 aromatic heterocycles. The number of ketones is 1. The molecule has 0 radical (unpaired) electrons. The first-order valence-corrected chi connectivity index (χ1v) is 10.2. The Bertz CT molecular complexity index is 1170. The number of rotatable bonds is 7. The second-order valence-electron chi connectivity index (χ2n) is 8.02. The van der Waals surface area contributed by atoms with Gasteiger partial charge in [0.1, 0.15) is 17.9 Å². The Balaban J connectivity index is 1.47. The van der Waals surface area contributed by atoms with Crippen LogP contribution in [0.4, 0.5) is 4.79 Å². The lowest BCUT2D eigenvalue weighted by Gasteiger charge is -2.20. The molecule has 8 heteroatoms. The SMILES string of the molecule is CC(=O)C(Cc1ccccc1)NC(=O)CN1C(=O)NC(C)(c2cc3ccccc3o2)C1=O. The molecular weight excluding hydrogens is 410 g/mol. The lowest BCUT2D eigenvalue weighted by molar-refractivity contribution is -0.135. The zero-order valence-corrected chi connectivity index (χ0v) is 17.8. The van der Waals surface area contributed by atoms with Gasteiger partial charge in [0.25, 0.3) is 5.91 Å². The summed E-state index contributed by atoms with van der Waals surface area (Å²) in [5.74, 6) is -1.13. The zero-order valence-electron chi connectivity index (χ0n) is 17.8.